The number of hydrogen-bond acceptors (Lipinski definition) is 5. The van der Waals surface area contributed by atoms with E-state index >= 15 is 0 Å². The standard InChI is InChI=1S/C12H14N4O2S/c1-8(17)15-6-5-13-7-10(15)16-9-3-2-4-14-11(9)19-12(16)18/h2-4,10,13H,5-7H2,1H3. The average Bonchev–Trinajstić information content (AvgIpc) is 2.74. The normalized spacial score (nSPS) is 19.8. The minimum absolute atomic E-state index is 0.0124. The number of rotatable bonds is 1. The number of thiazole rings is 1. The third-order valence-electron chi connectivity index (χ3n) is 3.31. The number of hydrogen-bond donors (Lipinski definition) is 1. The molecule has 1 saturated heterocycles. The summed E-state index contributed by atoms with van der Waals surface area (Å²) in [4.78, 5) is 30.5. The fourth-order valence-corrected chi connectivity index (χ4v) is 3.31. The maximum atomic E-state index is 12.2. The summed E-state index contributed by atoms with van der Waals surface area (Å²) < 4.78 is 1.67. The van der Waals surface area contributed by atoms with Gasteiger partial charge < -0.3 is 10.2 Å². The molecule has 1 aliphatic heterocycles. The maximum absolute atomic E-state index is 12.2. The zero-order chi connectivity index (χ0) is 13.4. The Morgan fingerprint density at radius 2 is 2.42 bits per heavy atom. The van der Waals surface area contributed by atoms with Crippen molar-refractivity contribution in [2.75, 3.05) is 19.6 Å². The van der Waals surface area contributed by atoms with Gasteiger partial charge in [-0.25, -0.2) is 4.98 Å². The number of carbonyl (C=O) groups is 1. The Kier molecular flexibility index (Phi) is 3.08. The largest absolute Gasteiger partial charge is 0.319 e. The van der Waals surface area contributed by atoms with Crippen molar-refractivity contribution < 1.29 is 4.79 Å². The van der Waals surface area contributed by atoms with E-state index in [0.717, 1.165) is 23.4 Å². The molecule has 1 fully saturated rings. The molecule has 6 nitrogen and oxygen atoms in total. The molecule has 0 aromatic carbocycles. The van der Waals surface area contributed by atoms with Crippen molar-refractivity contribution in [3.05, 3.63) is 28.0 Å². The van der Waals surface area contributed by atoms with Gasteiger partial charge in [-0.05, 0) is 12.1 Å². The maximum Gasteiger partial charge on any atom is 0.311 e. The predicted octanol–water partition coefficient (Wildman–Crippen LogP) is 0.408. The van der Waals surface area contributed by atoms with Gasteiger partial charge in [-0.2, -0.15) is 0 Å². The van der Waals surface area contributed by atoms with Crippen LogP contribution in [0.2, 0.25) is 0 Å². The summed E-state index contributed by atoms with van der Waals surface area (Å²) in [6, 6.07) is 3.67. The second-order valence-corrected chi connectivity index (χ2v) is 5.40. The summed E-state index contributed by atoms with van der Waals surface area (Å²) in [5, 5.41) is 3.23. The lowest BCUT2D eigenvalue weighted by atomic mass is 10.3. The molecule has 19 heavy (non-hydrogen) atoms. The van der Waals surface area contributed by atoms with Crippen LogP contribution >= 0.6 is 11.3 Å². The van der Waals surface area contributed by atoms with Gasteiger partial charge in [0.05, 0.1) is 5.52 Å². The number of nitrogens with one attached hydrogen (secondary N) is 1. The van der Waals surface area contributed by atoms with Crippen molar-refractivity contribution in [3.63, 3.8) is 0 Å². The van der Waals surface area contributed by atoms with E-state index in [1.165, 1.54) is 6.92 Å². The Morgan fingerprint density at radius 3 is 3.21 bits per heavy atom. The second-order valence-electron chi connectivity index (χ2n) is 4.46. The van der Waals surface area contributed by atoms with Gasteiger partial charge in [0.25, 0.3) is 0 Å². The Bertz CT molecular complexity index is 678. The van der Waals surface area contributed by atoms with Crippen LogP contribution < -0.4 is 10.2 Å². The molecular formula is C12H14N4O2S. The summed E-state index contributed by atoms with van der Waals surface area (Å²) in [5.74, 6) is -0.0124. The van der Waals surface area contributed by atoms with Crippen molar-refractivity contribution in [2.24, 2.45) is 0 Å². The predicted molar refractivity (Wildman–Crippen MR) is 73.2 cm³/mol. The van der Waals surface area contributed by atoms with Gasteiger partial charge in [0, 0.05) is 32.8 Å². The third-order valence-corrected chi connectivity index (χ3v) is 4.19. The fourth-order valence-electron chi connectivity index (χ4n) is 2.44. The van der Waals surface area contributed by atoms with Gasteiger partial charge in [-0.1, -0.05) is 11.3 Å². The van der Waals surface area contributed by atoms with E-state index in [2.05, 4.69) is 10.3 Å². The van der Waals surface area contributed by atoms with E-state index in [-0.39, 0.29) is 16.9 Å². The molecular weight excluding hydrogens is 264 g/mol. The number of piperazine rings is 1. The van der Waals surface area contributed by atoms with E-state index in [0.29, 0.717) is 17.9 Å². The summed E-state index contributed by atoms with van der Waals surface area (Å²) in [7, 11) is 0. The molecule has 1 amide bonds. The number of nitrogens with zero attached hydrogens (tertiary/aromatic N) is 3. The van der Waals surface area contributed by atoms with E-state index in [9.17, 15) is 9.59 Å². The summed E-state index contributed by atoms with van der Waals surface area (Å²) in [6.07, 6.45) is 1.40. The fraction of sp³-hybridized carbons (Fsp3) is 0.417. The molecule has 0 radical (unpaired) electrons. The van der Waals surface area contributed by atoms with Crippen molar-refractivity contribution in [3.8, 4) is 0 Å². The zero-order valence-corrected chi connectivity index (χ0v) is 11.3. The highest BCUT2D eigenvalue weighted by molar-refractivity contribution is 7.16. The molecule has 2 aromatic rings. The molecule has 3 heterocycles. The average molecular weight is 278 g/mol. The molecule has 3 rings (SSSR count). The first kappa shape index (κ1) is 12.3. The quantitative estimate of drug-likeness (QED) is 0.820. The monoisotopic (exact) mass is 278 g/mol. The molecule has 2 aromatic heterocycles. The van der Waals surface area contributed by atoms with Crippen LogP contribution in [0.3, 0.4) is 0 Å². The lowest BCUT2D eigenvalue weighted by Gasteiger charge is -2.36. The number of carbonyl (C=O) groups excluding carboxylic acids is 1. The second kappa shape index (κ2) is 4.75. The van der Waals surface area contributed by atoms with Crippen LogP contribution in [0, 0.1) is 0 Å². The molecule has 0 spiro atoms. The van der Waals surface area contributed by atoms with Crippen molar-refractivity contribution >= 4 is 27.6 Å². The molecule has 7 heteroatoms. The molecule has 0 bridgehead atoms. The first-order valence-corrected chi connectivity index (χ1v) is 6.94. The Labute approximate surface area is 113 Å². The van der Waals surface area contributed by atoms with E-state index in [4.69, 9.17) is 0 Å². The topological polar surface area (TPSA) is 67.2 Å². The van der Waals surface area contributed by atoms with Gasteiger partial charge in [-0.15, -0.1) is 0 Å². The van der Waals surface area contributed by atoms with Gasteiger partial charge in [0.2, 0.25) is 5.91 Å². The van der Waals surface area contributed by atoms with Crippen LogP contribution in [0.4, 0.5) is 0 Å². The Morgan fingerprint density at radius 1 is 1.58 bits per heavy atom. The van der Waals surface area contributed by atoms with Crippen LogP contribution in [0.1, 0.15) is 13.1 Å². The molecule has 100 valence electrons. The van der Waals surface area contributed by atoms with Gasteiger partial charge in [0.1, 0.15) is 11.0 Å². The van der Waals surface area contributed by atoms with E-state index in [1.807, 2.05) is 6.07 Å². The summed E-state index contributed by atoms with van der Waals surface area (Å²) in [5.41, 5.74) is 0.789. The van der Waals surface area contributed by atoms with Crippen molar-refractivity contribution in [1.29, 1.82) is 0 Å². The SMILES string of the molecule is CC(=O)N1CCNCC1n1c(=O)sc2ncccc21. The molecule has 0 saturated carbocycles. The van der Waals surface area contributed by atoms with Crippen LogP contribution in [0.5, 0.6) is 0 Å². The molecule has 1 N–H and O–H groups in total. The molecule has 1 unspecified atom stereocenters. The zero-order valence-electron chi connectivity index (χ0n) is 10.5. The van der Waals surface area contributed by atoms with Crippen LogP contribution in [0.25, 0.3) is 10.3 Å². The Hall–Kier alpha value is -1.73. The van der Waals surface area contributed by atoms with E-state index in [1.54, 1.807) is 21.7 Å². The molecule has 1 atom stereocenters. The first-order chi connectivity index (χ1) is 9.18. The first-order valence-electron chi connectivity index (χ1n) is 6.12. The van der Waals surface area contributed by atoms with Crippen molar-refractivity contribution in [2.45, 2.75) is 13.1 Å². The minimum atomic E-state index is -0.267. The smallest absolute Gasteiger partial charge is 0.311 e. The highest BCUT2D eigenvalue weighted by Gasteiger charge is 2.28. The number of pyridine rings is 1. The summed E-state index contributed by atoms with van der Waals surface area (Å²) >= 11 is 1.12. The van der Waals surface area contributed by atoms with Crippen LogP contribution in [0.15, 0.2) is 23.1 Å². The lowest BCUT2D eigenvalue weighted by molar-refractivity contribution is -0.134. The van der Waals surface area contributed by atoms with Gasteiger partial charge in [0.15, 0.2) is 0 Å². The summed E-state index contributed by atoms with van der Waals surface area (Å²) in [6.45, 7) is 3.49. The number of aromatic nitrogens is 2. The third kappa shape index (κ3) is 2.04. The van der Waals surface area contributed by atoms with Gasteiger partial charge in [-0.3, -0.25) is 14.2 Å². The Balaban J connectivity index is 2.14. The highest BCUT2D eigenvalue weighted by Crippen LogP contribution is 2.22. The van der Waals surface area contributed by atoms with Gasteiger partial charge >= 0.3 is 4.87 Å². The highest BCUT2D eigenvalue weighted by atomic mass is 32.1. The molecule has 1 aliphatic rings. The molecule has 0 aliphatic carbocycles. The number of fused-ring (bicyclic) bond motifs is 1. The van der Waals surface area contributed by atoms with Crippen molar-refractivity contribution in [1.82, 2.24) is 19.8 Å². The van der Waals surface area contributed by atoms with E-state index < -0.39 is 0 Å². The number of amides is 1. The van der Waals surface area contributed by atoms with Crippen LogP contribution in [-0.2, 0) is 4.79 Å². The lowest BCUT2D eigenvalue weighted by Crippen LogP contribution is -2.51. The minimum Gasteiger partial charge on any atom is -0.319 e. The van der Waals surface area contributed by atoms with Crippen LogP contribution in [-0.4, -0.2) is 40.0 Å².